The Bertz CT molecular complexity index is 509. The molecule has 0 bridgehead atoms. The molecule has 0 saturated heterocycles. The van der Waals surface area contributed by atoms with Gasteiger partial charge >= 0.3 is 0 Å². The molecule has 6 heteroatoms. The molecule has 0 spiro atoms. The van der Waals surface area contributed by atoms with E-state index in [2.05, 4.69) is 33.3 Å². The molecule has 2 aromatic heterocycles. The maximum Gasteiger partial charge on any atom is 0.0931 e. The van der Waals surface area contributed by atoms with E-state index in [1.54, 1.807) is 11.3 Å². The number of hydrogen-bond donors (Lipinski definition) is 1. The monoisotopic (exact) mass is 333 g/mol. The van der Waals surface area contributed by atoms with Gasteiger partial charge in [0.1, 0.15) is 0 Å². The highest BCUT2D eigenvalue weighted by atomic mass is 79.9. The maximum atomic E-state index is 5.99. The first-order valence-electron chi connectivity index (χ1n) is 5.31. The Morgan fingerprint density at radius 1 is 1.59 bits per heavy atom. The summed E-state index contributed by atoms with van der Waals surface area (Å²) >= 11 is 11.1. The van der Waals surface area contributed by atoms with E-state index in [1.807, 2.05) is 30.1 Å². The number of nitrogens with one attached hydrogen (secondary N) is 1. The van der Waals surface area contributed by atoms with Crippen LogP contribution < -0.4 is 5.32 Å². The SMILES string of the molecule is CCn1ncc(Br)c1C(NC)c1ccc(Cl)s1. The summed E-state index contributed by atoms with van der Waals surface area (Å²) in [5.41, 5.74) is 1.13. The quantitative estimate of drug-likeness (QED) is 0.924. The Balaban J connectivity index is 2.44. The van der Waals surface area contributed by atoms with Gasteiger partial charge in [-0.2, -0.15) is 5.10 Å². The Morgan fingerprint density at radius 3 is 2.88 bits per heavy atom. The number of aromatic nitrogens is 2. The van der Waals surface area contributed by atoms with E-state index in [0.717, 1.165) is 21.0 Å². The fraction of sp³-hybridized carbons (Fsp3) is 0.364. The molecule has 0 aliphatic heterocycles. The molecule has 0 saturated carbocycles. The van der Waals surface area contributed by atoms with Crippen molar-refractivity contribution in [1.29, 1.82) is 0 Å². The van der Waals surface area contributed by atoms with E-state index >= 15 is 0 Å². The largest absolute Gasteiger partial charge is 0.307 e. The zero-order chi connectivity index (χ0) is 12.4. The second kappa shape index (κ2) is 5.52. The van der Waals surface area contributed by atoms with Crippen molar-refractivity contribution >= 4 is 38.9 Å². The molecule has 1 unspecified atom stereocenters. The fourth-order valence-corrected chi connectivity index (χ4v) is 3.51. The van der Waals surface area contributed by atoms with Crippen LogP contribution in [0.1, 0.15) is 23.5 Å². The highest BCUT2D eigenvalue weighted by molar-refractivity contribution is 9.10. The van der Waals surface area contributed by atoms with Gasteiger partial charge in [0.05, 0.1) is 26.7 Å². The molecule has 0 radical (unpaired) electrons. The number of nitrogens with zero attached hydrogens (tertiary/aromatic N) is 2. The van der Waals surface area contributed by atoms with Crippen molar-refractivity contribution in [2.24, 2.45) is 0 Å². The highest BCUT2D eigenvalue weighted by Gasteiger charge is 2.21. The van der Waals surface area contributed by atoms with Crippen LogP contribution in [0.4, 0.5) is 0 Å². The summed E-state index contributed by atoms with van der Waals surface area (Å²) in [5.74, 6) is 0. The first kappa shape index (κ1) is 13.1. The molecule has 0 fully saturated rings. The lowest BCUT2D eigenvalue weighted by atomic mass is 10.1. The van der Waals surface area contributed by atoms with E-state index < -0.39 is 0 Å². The molecule has 3 nitrogen and oxygen atoms in total. The summed E-state index contributed by atoms with van der Waals surface area (Å²) in [6, 6.07) is 4.09. The molecule has 0 amide bonds. The summed E-state index contributed by atoms with van der Waals surface area (Å²) in [5, 5.41) is 7.65. The predicted molar refractivity (Wildman–Crippen MR) is 75.8 cm³/mol. The zero-order valence-corrected chi connectivity index (χ0v) is 12.7. The smallest absolute Gasteiger partial charge is 0.0931 e. The van der Waals surface area contributed by atoms with Crippen LogP contribution in [0.2, 0.25) is 4.34 Å². The normalized spacial score (nSPS) is 12.9. The molecule has 1 atom stereocenters. The van der Waals surface area contributed by atoms with Gasteiger partial charge in [0, 0.05) is 11.4 Å². The van der Waals surface area contributed by atoms with Crippen molar-refractivity contribution in [2.75, 3.05) is 7.05 Å². The second-order valence-corrected chi connectivity index (χ2v) is 6.16. The lowest BCUT2D eigenvalue weighted by molar-refractivity contribution is 0.566. The van der Waals surface area contributed by atoms with Gasteiger partial charge in [-0.25, -0.2) is 0 Å². The lowest BCUT2D eigenvalue weighted by Crippen LogP contribution is -2.20. The van der Waals surface area contributed by atoms with Crippen molar-refractivity contribution in [3.8, 4) is 0 Å². The molecular weight excluding hydrogens is 322 g/mol. The average molecular weight is 335 g/mol. The molecule has 17 heavy (non-hydrogen) atoms. The van der Waals surface area contributed by atoms with Crippen molar-refractivity contribution in [3.63, 3.8) is 0 Å². The van der Waals surface area contributed by atoms with Crippen LogP contribution in [0.25, 0.3) is 0 Å². The number of hydrogen-bond acceptors (Lipinski definition) is 3. The number of halogens is 2. The second-order valence-electron chi connectivity index (χ2n) is 3.56. The Labute approximate surface area is 118 Å². The average Bonchev–Trinajstić information content (AvgIpc) is 2.89. The Hall–Kier alpha value is -0.360. The highest BCUT2D eigenvalue weighted by Crippen LogP contribution is 2.33. The van der Waals surface area contributed by atoms with Gasteiger partial charge in [0.2, 0.25) is 0 Å². The van der Waals surface area contributed by atoms with Crippen LogP contribution in [0.5, 0.6) is 0 Å². The van der Waals surface area contributed by atoms with Crippen molar-refractivity contribution < 1.29 is 0 Å². The van der Waals surface area contributed by atoms with Gasteiger partial charge in [-0.3, -0.25) is 4.68 Å². The van der Waals surface area contributed by atoms with Crippen molar-refractivity contribution in [3.05, 3.63) is 37.7 Å². The summed E-state index contributed by atoms with van der Waals surface area (Å²) < 4.78 is 3.81. The van der Waals surface area contributed by atoms with Crippen LogP contribution in [0.3, 0.4) is 0 Å². The topological polar surface area (TPSA) is 29.9 Å². The Morgan fingerprint density at radius 2 is 2.35 bits per heavy atom. The van der Waals surface area contributed by atoms with Crippen LogP contribution in [0.15, 0.2) is 22.8 Å². The van der Waals surface area contributed by atoms with Crippen molar-refractivity contribution in [1.82, 2.24) is 15.1 Å². The predicted octanol–water partition coefficient (Wildman–Crippen LogP) is 3.69. The first-order valence-corrected chi connectivity index (χ1v) is 7.29. The molecular formula is C11H13BrClN3S. The third kappa shape index (κ3) is 2.57. The third-order valence-corrected chi connectivity index (χ3v) is 4.48. The maximum absolute atomic E-state index is 5.99. The summed E-state index contributed by atoms with van der Waals surface area (Å²) in [7, 11) is 1.94. The molecule has 0 aliphatic rings. The number of rotatable bonds is 4. The van der Waals surface area contributed by atoms with Gasteiger partial charge in [-0.05, 0) is 42.0 Å². The molecule has 2 aromatic rings. The zero-order valence-electron chi connectivity index (χ0n) is 9.58. The van der Waals surface area contributed by atoms with E-state index in [0.29, 0.717) is 0 Å². The molecule has 0 aromatic carbocycles. The minimum absolute atomic E-state index is 0.115. The number of aryl methyl sites for hydroxylation is 1. The molecule has 1 N–H and O–H groups in total. The third-order valence-electron chi connectivity index (χ3n) is 2.57. The van der Waals surface area contributed by atoms with Gasteiger partial charge in [-0.15, -0.1) is 11.3 Å². The van der Waals surface area contributed by atoms with Gasteiger partial charge in [0.25, 0.3) is 0 Å². The van der Waals surface area contributed by atoms with E-state index in [4.69, 9.17) is 11.6 Å². The van der Waals surface area contributed by atoms with Crippen LogP contribution >= 0.6 is 38.9 Å². The minimum atomic E-state index is 0.115. The van der Waals surface area contributed by atoms with Gasteiger partial charge in [0.15, 0.2) is 0 Å². The van der Waals surface area contributed by atoms with Crippen LogP contribution in [-0.4, -0.2) is 16.8 Å². The fourth-order valence-electron chi connectivity index (χ4n) is 1.81. The summed E-state index contributed by atoms with van der Waals surface area (Å²) in [6.45, 7) is 2.93. The van der Waals surface area contributed by atoms with E-state index in [1.165, 1.54) is 4.88 Å². The van der Waals surface area contributed by atoms with Crippen LogP contribution in [0, 0.1) is 0 Å². The summed E-state index contributed by atoms with van der Waals surface area (Å²) in [4.78, 5) is 1.19. The molecule has 2 rings (SSSR count). The standard InChI is InChI=1S/C11H13BrClN3S/c1-3-16-11(7(12)6-15-16)10(14-2)8-4-5-9(13)17-8/h4-6,10,14H,3H2,1-2H3. The van der Waals surface area contributed by atoms with E-state index in [-0.39, 0.29) is 6.04 Å². The summed E-state index contributed by atoms with van der Waals surface area (Å²) in [6.07, 6.45) is 1.83. The molecule has 2 heterocycles. The van der Waals surface area contributed by atoms with Gasteiger partial charge < -0.3 is 5.32 Å². The van der Waals surface area contributed by atoms with Crippen molar-refractivity contribution in [2.45, 2.75) is 19.5 Å². The number of thiophene rings is 1. The molecule has 0 aliphatic carbocycles. The van der Waals surface area contributed by atoms with Gasteiger partial charge in [-0.1, -0.05) is 11.6 Å². The first-order chi connectivity index (χ1) is 8.17. The Kier molecular flexibility index (Phi) is 4.25. The minimum Gasteiger partial charge on any atom is -0.307 e. The lowest BCUT2D eigenvalue weighted by Gasteiger charge is -2.16. The molecule has 92 valence electrons. The van der Waals surface area contributed by atoms with Crippen LogP contribution in [-0.2, 0) is 6.54 Å². The van der Waals surface area contributed by atoms with E-state index in [9.17, 15) is 0 Å².